The largest absolute Gasteiger partial charge is 0.343 e. The first kappa shape index (κ1) is 24.2. The number of carbonyl (C=O) groups excluding carboxylic acids is 1. The van der Waals surface area contributed by atoms with Crippen LogP contribution in [0.2, 0.25) is 0 Å². The molecule has 1 aromatic heterocycles. The van der Waals surface area contributed by atoms with Gasteiger partial charge in [0.15, 0.2) is 5.13 Å². The van der Waals surface area contributed by atoms with Gasteiger partial charge in [-0.25, -0.2) is 9.37 Å². The first-order chi connectivity index (χ1) is 17.7. The van der Waals surface area contributed by atoms with Gasteiger partial charge in [-0.15, -0.1) is 11.3 Å². The Morgan fingerprint density at radius 2 is 1.67 bits per heavy atom. The summed E-state index contributed by atoms with van der Waals surface area (Å²) >= 11 is 1.59. The van der Waals surface area contributed by atoms with Gasteiger partial charge in [-0.3, -0.25) is 4.79 Å². The summed E-state index contributed by atoms with van der Waals surface area (Å²) in [5.41, 5.74) is 4.87. The predicted octanol–water partition coefficient (Wildman–Crippen LogP) is 5.24. The first-order valence-corrected chi connectivity index (χ1v) is 13.1. The third-order valence-electron chi connectivity index (χ3n) is 6.39. The number of rotatable bonds is 8. The number of benzene rings is 3. The summed E-state index contributed by atoms with van der Waals surface area (Å²) in [6.45, 7) is 4.66. The van der Waals surface area contributed by atoms with Crippen LogP contribution in [0.5, 0.6) is 0 Å². The van der Waals surface area contributed by atoms with E-state index in [1.165, 1.54) is 17.7 Å². The molecule has 0 unspecified atom stereocenters. The Balaban J connectivity index is 1.33. The van der Waals surface area contributed by atoms with Gasteiger partial charge in [0.2, 0.25) is 0 Å². The number of hydrogen-bond acceptors (Lipinski definition) is 5. The fourth-order valence-electron chi connectivity index (χ4n) is 4.34. The van der Waals surface area contributed by atoms with Gasteiger partial charge < -0.3 is 15.1 Å². The Bertz CT molecular complexity index is 1270. The SMILES string of the molecule is O=C(c1ccc(CN(CCc2ccccc2)c2nc(-c3ccc(F)cc3)cs2)cc1)N1CCNCC1. The van der Waals surface area contributed by atoms with Crippen molar-refractivity contribution >= 4 is 22.4 Å². The lowest BCUT2D eigenvalue weighted by atomic mass is 10.1. The lowest BCUT2D eigenvalue weighted by molar-refractivity contribution is 0.0736. The van der Waals surface area contributed by atoms with Gasteiger partial charge in [-0.2, -0.15) is 0 Å². The van der Waals surface area contributed by atoms with Crippen LogP contribution in [0.1, 0.15) is 21.5 Å². The number of amides is 1. The molecule has 2 heterocycles. The predicted molar refractivity (Wildman–Crippen MR) is 144 cm³/mol. The number of halogens is 1. The second-order valence-corrected chi connectivity index (χ2v) is 9.76. The van der Waals surface area contributed by atoms with E-state index in [2.05, 4.69) is 34.5 Å². The summed E-state index contributed by atoms with van der Waals surface area (Å²) < 4.78 is 13.4. The van der Waals surface area contributed by atoms with E-state index in [1.54, 1.807) is 23.5 Å². The van der Waals surface area contributed by atoms with Crippen LogP contribution in [-0.4, -0.2) is 48.5 Å². The molecule has 1 aliphatic rings. The highest BCUT2D eigenvalue weighted by Crippen LogP contribution is 2.29. The molecule has 184 valence electrons. The fourth-order valence-corrected chi connectivity index (χ4v) is 5.20. The van der Waals surface area contributed by atoms with Crippen molar-refractivity contribution in [3.8, 4) is 11.3 Å². The second kappa shape index (κ2) is 11.5. The van der Waals surface area contributed by atoms with Crippen LogP contribution in [0.15, 0.2) is 84.2 Å². The van der Waals surface area contributed by atoms with E-state index in [0.717, 1.165) is 66.7 Å². The highest BCUT2D eigenvalue weighted by Gasteiger charge is 2.18. The molecule has 0 atom stereocenters. The molecular weight excluding hydrogens is 471 g/mol. The van der Waals surface area contributed by atoms with E-state index in [9.17, 15) is 9.18 Å². The molecule has 0 bridgehead atoms. The van der Waals surface area contributed by atoms with Gasteiger partial charge in [-0.05, 0) is 53.9 Å². The fraction of sp³-hybridized carbons (Fsp3) is 0.241. The standard InChI is InChI=1S/C29H29FN4OS/c30-26-12-10-24(11-13-26)27-21-36-29(32-27)34(17-14-22-4-2-1-3-5-22)20-23-6-8-25(9-7-23)28(35)33-18-15-31-16-19-33/h1-13,21,31H,14-20H2. The van der Waals surface area contributed by atoms with Crippen molar-refractivity contribution in [2.75, 3.05) is 37.6 Å². The number of nitrogens with one attached hydrogen (secondary N) is 1. The quantitative estimate of drug-likeness (QED) is 0.359. The van der Waals surface area contributed by atoms with Crippen LogP contribution in [0, 0.1) is 5.82 Å². The molecule has 0 saturated carbocycles. The molecule has 5 nitrogen and oxygen atoms in total. The summed E-state index contributed by atoms with van der Waals surface area (Å²) in [6, 6.07) is 24.8. The molecule has 0 radical (unpaired) electrons. The first-order valence-electron chi connectivity index (χ1n) is 12.2. The van der Waals surface area contributed by atoms with Gasteiger partial charge in [0, 0.05) is 55.8 Å². The zero-order valence-electron chi connectivity index (χ0n) is 20.1. The monoisotopic (exact) mass is 500 g/mol. The molecule has 1 fully saturated rings. The summed E-state index contributed by atoms with van der Waals surface area (Å²) in [5, 5.41) is 6.23. The molecule has 0 spiro atoms. The highest BCUT2D eigenvalue weighted by molar-refractivity contribution is 7.14. The average molecular weight is 501 g/mol. The minimum Gasteiger partial charge on any atom is -0.343 e. The van der Waals surface area contributed by atoms with Crippen molar-refractivity contribution in [3.05, 3.63) is 107 Å². The maximum absolute atomic E-state index is 13.4. The van der Waals surface area contributed by atoms with E-state index in [4.69, 9.17) is 4.98 Å². The molecule has 1 amide bonds. The molecule has 1 aliphatic heterocycles. The smallest absolute Gasteiger partial charge is 0.253 e. The summed E-state index contributed by atoms with van der Waals surface area (Å²) in [4.78, 5) is 21.9. The lowest BCUT2D eigenvalue weighted by Crippen LogP contribution is -2.46. The number of anilines is 1. The Labute approximate surface area is 215 Å². The van der Waals surface area contributed by atoms with Gasteiger partial charge >= 0.3 is 0 Å². The number of thiazole rings is 1. The Morgan fingerprint density at radius 1 is 0.944 bits per heavy atom. The number of carbonyl (C=O) groups is 1. The molecule has 7 heteroatoms. The van der Waals surface area contributed by atoms with Crippen molar-refractivity contribution in [2.24, 2.45) is 0 Å². The van der Waals surface area contributed by atoms with E-state index >= 15 is 0 Å². The van der Waals surface area contributed by atoms with Gasteiger partial charge in [-0.1, -0.05) is 42.5 Å². The minimum atomic E-state index is -0.252. The van der Waals surface area contributed by atoms with E-state index in [-0.39, 0.29) is 11.7 Å². The molecule has 1 saturated heterocycles. The van der Waals surface area contributed by atoms with Crippen LogP contribution in [-0.2, 0) is 13.0 Å². The zero-order chi connectivity index (χ0) is 24.7. The number of aromatic nitrogens is 1. The topological polar surface area (TPSA) is 48.5 Å². The third kappa shape index (κ3) is 5.98. The third-order valence-corrected chi connectivity index (χ3v) is 7.30. The van der Waals surface area contributed by atoms with E-state index < -0.39 is 0 Å². The molecular formula is C29H29FN4OS. The zero-order valence-corrected chi connectivity index (χ0v) is 20.9. The van der Waals surface area contributed by atoms with Gasteiger partial charge in [0.05, 0.1) is 5.69 Å². The summed E-state index contributed by atoms with van der Waals surface area (Å²) in [5.74, 6) is -0.162. The van der Waals surface area contributed by atoms with Crippen LogP contribution in [0.25, 0.3) is 11.3 Å². The van der Waals surface area contributed by atoms with Gasteiger partial charge in [0.25, 0.3) is 5.91 Å². The van der Waals surface area contributed by atoms with E-state index in [1.807, 2.05) is 40.6 Å². The summed E-state index contributed by atoms with van der Waals surface area (Å²) in [6.07, 6.45) is 0.895. The van der Waals surface area contributed by atoms with E-state index in [0.29, 0.717) is 6.54 Å². The Morgan fingerprint density at radius 3 is 2.39 bits per heavy atom. The van der Waals surface area contributed by atoms with Crippen LogP contribution in [0.4, 0.5) is 9.52 Å². The molecule has 36 heavy (non-hydrogen) atoms. The molecule has 4 aromatic rings. The van der Waals surface area contributed by atoms with Crippen LogP contribution >= 0.6 is 11.3 Å². The minimum absolute atomic E-state index is 0.0906. The Hall–Kier alpha value is -3.55. The lowest BCUT2D eigenvalue weighted by Gasteiger charge is -2.27. The Kier molecular flexibility index (Phi) is 7.69. The number of hydrogen-bond donors (Lipinski definition) is 1. The highest BCUT2D eigenvalue weighted by atomic mass is 32.1. The van der Waals surface area contributed by atoms with Crippen LogP contribution in [0.3, 0.4) is 0 Å². The molecule has 5 rings (SSSR count). The number of piperazine rings is 1. The van der Waals surface area contributed by atoms with Crippen molar-refractivity contribution < 1.29 is 9.18 Å². The van der Waals surface area contributed by atoms with Crippen molar-refractivity contribution in [2.45, 2.75) is 13.0 Å². The maximum atomic E-state index is 13.4. The van der Waals surface area contributed by atoms with Gasteiger partial charge in [0.1, 0.15) is 5.82 Å². The van der Waals surface area contributed by atoms with Crippen molar-refractivity contribution in [3.63, 3.8) is 0 Å². The van der Waals surface area contributed by atoms with Crippen LogP contribution < -0.4 is 10.2 Å². The molecule has 3 aromatic carbocycles. The number of nitrogens with zero attached hydrogens (tertiary/aromatic N) is 3. The molecule has 1 N–H and O–H groups in total. The van der Waals surface area contributed by atoms with Crippen molar-refractivity contribution in [1.29, 1.82) is 0 Å². The maximum Gasteiger partial charge on any atom is 0.253 e. The second-order valence-electron chi connectivity index (χ2n) is 8.92. The van der Waals surface area contributed by atoms with Crippen molar-refractivity contribution in [1.82, 2.24) is 15.2 Å². The average Bonchev–Trinajstić information content (AvgIpc) is 3.43. The normalized spacial score (nSPS) is 13.5. The summed E-state index contributed by atoms with van der Waals surface area (Å²) in [7, 11) is 0. The molecule has 0 aliphatic carbocycles.